The van der Waals surface area contributed by atoms with Crippen molar-refractivity contribution in [2.45, 2.75) is 278 Å². The largest absolute Gasteiger partial charge is 0.507 e. The number of hydrogen-bond donors (Lipinski definition) is 21. The predicted octanol–water partition coefficient (Wildman–Crippen LogP) is 3.37. The maximum atomic E-state index is 17.1. The van der Waals surface area contributed by atoms with Crippen LogP contribution in [0.4, 0.5) is 0 Å². The van der Waals surface area contributed by atoms with E-state index >= 15 is 28.8 Å². The molecule has 0 spiro atoms. The van der Waals surface area contributed by atoms with Gasteiger partial charge < -0.3 is 158 Å². The second kappa shape index (κ2) is 45.9. The van der Waals surface area contributed by atoms with E-state index in [1.165, 1.54) is 128 Å². The first-order valence-corrected chi connectivity index (χ1v) is 46.4. The maximum Gasteiger partial charge on any atom is 0.248 e. The highest BCUT2D eigenvalue weighted by Crippen LogP contribution is 2.52. The predicted molar refractivity (Wildman–Crippen MR) is 490 cm³/mol. The van der Waals surface area contributed by atoms with Crippen LogP contribution in [0.1, 0.15) is 202 Å². The van der Waals surface area contributed by atoms with Crippen LogP contribution in [0.3, 0.4) is 0 Å². The molecule has 8 aliphatic heterocycles. The molecule has 9 bridgehead atoms. The third-order valence-corrected chi connectivity index (χ3v) is 25.8. The first kappa shape index (κ1) is 105. The van der Waals surface area contributed by atoms with Crippen molar-refractivity contribution in [1.82, 2.24) is 52.8 Å². The van der Waals surface area contributed by atoms with Crippen LogP contribution in [-0.2, 0) is 68.6 Å². The van der Waals surface area contributed by atoms with Crippen LogP contribution in [0.15, 0.2) is 78.9 Å². The monoisotopic (exact) mass is 1900 g/mol. The van der Waals surface area contributed by atoms with Crippen LogP contribution >= 0.6 is 11.6 Å². The summed E-state index contributed by atoms with van der Waals surface area (Å²) < 4.78 is 53.5. The average molecular weight is 1900 g/mol. The van der Waals surface area contributed by atoms with Gasteiger partial charge in [0, 0.05) is 61.1 Å². The highest BCUT2D eigenvalue weighted by Gasteiger charge is 2.53. The summed E-state index contributed by atoms with van der Waals surface area (Å²) >= 11 is 7.26. The number of fused-ring (bicyclic) bond motifs is 14. The Balaban J connectivity index is 1.16. The molecule has 22 atom stereocenters. The maximum absolute atomic E-state index is 17.1. The minimum Gasteiger partial charge on any atom is -0.507 e. The van der Waals surface area contributed by atoms with Crippen LogP contribution in [0.25, 0.3) is 11.1 Å². The van der Waals surface area contributed by atoms with Gasteiger partial charge >= 0.3 is 0 Å². The van der Waals surface area contributed by atoms with Crippen LogP contribution in [-0.4, -0.2) is 280 Å². The molecule has 22 unspecified atom stereocenters. The molecule has 0 aliphatic carbocycles. The molecular formula is C94H136ClN14O25+. The van der Waals surface area contributed by atoms with Crippen molar-refractivity contribution < 1.29 is 127 Å². The number of ether oxygens (including phenoxy) is 8. The number of nitrogens with two attached hydrogens (primary N) is 3. The van der Waals surface area contributed by atoms with Gasteiger partial charge in [0.1, 0.15) is 95.5 Å². The summed E-state index contributed by atoms with van der Waals surface area (Å²) in [7, 11) is 9.42. The van der Waals surface area contributed by atoms with E-state index in [1.54, 1.807) is 0 Å². The Morgan fingerprint density at radius 3 is 1.90 bits per heavy atom. The molecule has 134 heavy (non-hydrogen) atoms. The highest BCUT2D eigenvalue weighted by molar-refractivity contribution is 6.32. The zero-order chi connectivity index (χ0) is 97.7. The van der Waals surface area contributed by atoms with Crippen molar-refractivity contribution in [2.75, 3.05) is 74.6 Å². The lowest BCUT2D eigenvalue weighted by molar-refractivity contribution is -0.890. The summed E-state index contributed by atoms with van der Waals surface area (Å²) in [6, 6.07) is 1.96. The van der Waals surface area contributed by atoms with Gasteiger partial charge in [-0.05, 0) is 163 Å². The van der Waals surface area contributed by atoms with Crippen molar-refractivity contribution in [1.29, 1.82) is 0 Å². The number of aromatic hydroxyl groups is 3. The van der Waals surface area contributed by atoms with Gasteiger partial charge in [0.05, 0.1) is 81.3 Å². The SMILES string of the molecule is CCCCCCCCCC[N+](C)(C)CCCNCc1c(O)cc2c(c1O)-c1c(O)cccc1C1NC(=O)C3NC(=O)C(CC(N)=O)NC(=O)C(NC(=O)C(CC(C)C)NC)C(O)c4ccc(c(Cl)c4)Oc4cc3cc(c4OC3OC(CO)C(O)C(O)C3OC3CC(C)(N)C(O)C(C)O3)Oc3ccc(cc3)C(OC3CC(C)(N)C(O)C(C)O3)C(NC1=O)C(=O)NC2C(=O)NCCCN(C)C. The molecule has 5 aromatic carbocycles. The lowest BCUT2D eigenvalue weighted by atomic mass is 9.85. The molecule has 8 aliphatic rings. The quantitative estimate of drug-likeness (QED) is 0.0207. The van der Waals surface area contributed by atoms with Crippen molar-refractivity contribution in [3.8, 4) is 57.1 Å². The molecule has 0 aromatic heterocycles. The Morgan fingerprint density at radius 1 is 0.664 bits per heavy atom. The number of benzene rings is 5. The van der Waals surface area contributed by atoms with Crippen molar-refractivity contribution in [3.05, 3.63) is 117 Å². The van der Waals surface area contributed by atoms with Gasteiger partial charge in [-0.3, -0.25) is 38.4 Å². The molecule has 8 heterocycles. The summed E-state index contributed by atoms with van der Waals surface area (Å²) in [5.74, 6) is -14.3. The summed E-state index contributed by atoms with van der Waals surface area (Å²) in [5, 5.41) is 134. The molecule has 8 amide bonds. The van der Waals surface area contributed by atoms with Crippen LogP contribution < -0.4 is 79.3 Å². The molecule has 39 nitrogen and oxygen atoms in total. The molecule has 0 radical (unpaired) electrons. The number of phenols is 3. The second-order valence-electron chi connectivity index (χ2n) is 37.9. The number of amides is 8. The summed E-state index contributed by atoms with van der Waals surface area (Å²) in [4.78, 5) is 127. The molecule has 13 rings (SSSR count). The molecule has 5 aromatic rings. The lowest BCUT2D eigenvalue weighted by Crippen LogP contribution is -2.64. The number of nitrogens with zero attached hydrogens (tertiary/aromatic N) is 2. The second-order valence-corrected chi connectivity index (χ2v) is 38.3. The lowest BCUT2D eigenvalue weighted by Gasteiger charge is -2.47. The van der Waals surface area contributed by atoms with E-state index in [4.69, 9.17) is 66.7 Å². The van der Waals surface area contributed by atoms with Crippen molar-refractivity contribution in [2.24, 2.45) is 23.1 Å². The number of rotatable bonds is 34. The van der Waals surface area contributed by atoms with E-state index in [1.807, 2.05) is 32.8 Å². The Labute approximate surface area is 784 Å². The number of unbranched alkanes of at least 4 members (excludes halogenated alkanes) is 7. The van der Waals surface area contributed by atoms with Crippen LogP contribution in [0.2, 0.25) is 5.02 Å². The van der Waals surface area contributed by atoms with Gasteiger partial charge in [0.15, 0.2) is 30.2 Å². The molecule has 40 heteroatoms. The number of nitrogens with one attached hydrogen (secondary N) is 9. The molecular weight excluding hydrogens is 1760 g/mol. The number of carbonyl (C=O) groups excluding carboxylic acids is 8. The molecule has 3 fully saturated rings. The number of primary amides is 1. The number of aliphatic hydroxyl groups excluding tert-OH is 6. The number of carbonyl (C=O) groups is 8. The number of halogens is 1. The standard InChI is InChI=1S/C94H135ClN14O25/c1-13-14-15-16-17-18-19-20-35-109(11,12)36-23-32-100-45-56-61(112)41-55-70(77(56)115)69-54(24-21-25-60(69)111)72-89(124)107-75(91(126)105-73(55)87(122)101-33-22-34-108(9)10)80(132-67-43-93(6,97)83(118)48(4)127-67)50-26-29-53(30-27-50)129-63-39-52-40-64(81(63)134-92-82(79(117)78(116)65(46-110)131-92)133-68-44-94(7,98)84(119)49(5)128-68)130-62-31-28-51(38-57(62)95)76(114)74(106-85(120)58(99-8)37-47(2)3)90(125)102-59(42-66(96)113)86(121)103-71(52)88(123)104-72/h21,24-31,38-41,47-49,58-59,65,67-68,71-76,78-80,82-84,92,99-100,110,114,116-119H,13-20,22-23,32-37,42-46,97-98H2,1-12H3,(H11-,96,101,102,103,104,105,106,107,111,112,113,115,120,121,122,123,124,125,126)/p+1. The molecule has 0 saturated carbocycles. The smallest absolute Gasteiger partial charge is 0.248 e. The zero-order valence-corrected chi connectivity index (χ0v) is 78.8. The van der Waals surface area contributed by atoms with E-state index in [9.17, 15) is 55.5 Å². The van der Waals surface area contributed by atoms with E-state index in [0.29, 0.717) is 30.4 Å². The fourth-order valence-electron chi connectivity index (χ4n) is 17.9. The van der Waals surface area contributed by atoms with Crippen molar-refractivity contribution in [3.63, 3.8) is 0 Å². The normalized spacial score (nSPS) is 28.8. The number of aliphatic hydroxyl groups is 6. The molecule has 738 valence electrons. The van der Waals surface area contributed by atoms with E-state index in [2.05, 4.69) is 68.9 Å². The number of phenolic OH excluding ortho intramolecular Hbond substituents is 3. The van der Waals surface area contributed by atoms with Gasteiger partial charge in [-0.15, -0.1) is 0 Å². The van der Waals surface area contributed by atoms with E-state index in [-0.39, 0.29) is 77.0 Å². The Hall–Kier alpha value is -9.73. The van der Waals surface area contributed by atoms with Gasteiger partial charge in [0.2, 0.25) is 59.3 Å². The van der Waals surface area contributed by atoms with E-state index < -0.39 is 250 Å². The Morgan fingerprint density at radius 2 is 1.28 bits per heavy atom. The highest BCUT2D eigenvalue weighted by atomic mass is 35.5. The number of hydrogen-bond acceptors (Lipinski definition) is 30. The first-order chi connectivity index (χ1) is 63.4. The number of likely N-dealkylation sites (N-methyl/N-ethyl adjacent to an activating group) is 1. The minimum atomic E-state index is -2.40. The topological polar surface area (TPSA) is 582 Å². The summed E-state index contributed by atoms with van der Waals surface area (Å²) in [6.45, 7) is 13.1. The first-order valence-electron chi connectivity index (χ1n) is 46.0. The fourth-order valence-corrected chi connectivity index (χ4v) is 18.1. The van der Waals surface area contributed by atoms with Gasteiger partial charge in [-0.1, -0.05) is 101 Å². The third-order valence-electron chi connectivity index (χ3n) is 25.5. The molecule has 3 saturated heterocycles. The average Bonchev–Trinajstić information content (AvgIpc) is 1.12. The van der Waals surface area contributed by atoms with Crippen molar-refractivity contribution >= 4 is 58.9 Å². The van der Waals surface area contributed by atoms with Gasteiger partial charge in [-0.25, -0.2) is 0 Å². The van der Waals surface area contributed by atoms with E-state index in [0.717, 1.165) is 50.6 Å². The minimum absolute atomic E-state index is 0.00883. The third kappa shape index (κ3) is 25.7. The Kier molecular flexibility index (Phi) is 35.9. The number of quaternary nitrogens is 1. The van der Waals surface area contributed by atoms with Crippen LogP contribution in [0.5, 0.6) is 46.0 Å². The Bertz CT molecular complexity index is 4940. The summed E-state index contributed by atoms with van der Waals surface area (Å²) in [6.07, 6.45) is -12.2. The van der Waals surface area contributed by atoms with Gasteiger partial charge in [-0.2, -0.15) is 0 Å². The summed E-state index contributed by atoms with van der Waals surface area (Å²) in [5.41, 5.74) is 13.9. The zero-order valence-electron chi connectivity index (χ0n) is 78.0. The van der Waals surface area contributed by atoms with Crippen LogP contribution in [0, 0.1) is 5.92 Å². The molecule has 24 N–H and O–H groups in total. The fraction of sp³-hybridized carbons (Fsp3) is 0.596. The van der Waals surface area contributed by atoms with Gasteiger partial charge in [0.25, 0.3) is 0 Å².